The minimum Gasteiger partial charge on any atom is -0.497 e. The lowest BCUT2D eigenvalue weighted by Gasteiger charge is -2.17. The van der Waals surface area contributed by atoms with Crippen molar-refractivity contribution in [3.05, 3.63) is 60.3 Å². The highest BCUT2D eigenvalue weighted by atomic mass is 16.5. The Hall–Kier alpha value is -3.28. The molecule has 1 amide bonds. The van der Waals surface area contributed by atoms with Crippen LogP contribution in [0.4, 0.5) is 0 Å². The number of carbonyl (C=O) groups is 1. The van der Waals surface area contributed by atoms with Crippen LogP contribution in [0.15, 0.2) is 54.7 Å². The van der Waals surface area contributed by atoms with Crippen molar-refractivity contribution in [2.75, 3.05) is 14.2 Å². The van der Waals surface area contributed by atoms with E-state index in [1.54, 1.807) is 31.2 Å². The number of methoxy groups -OCH3 is 2. The SMILES string of the molecule is COc1ccc(-c2nn(-c3ccccc3)cc2C(=O)NC(C)C(C)C)c(OC)c1. The maximum absolute atomic E-state index is 13.1. The molecule has 0 aliphatic rings. The van der Waals surface area contributed by atoms with Gasteiger partial charge in [0.25, 0.3) is 5.91 Å². The van der Waals surface area contributed by atoms with Crippen LogP contribution in [-0.4, -0.2) is 35.9 Å². The largest absolute Gasteiger partial charge is 0.497 e. The van der Waals surface area contributed by atoms with Gasteiger partial charge in [0.15, 0.2) is 0 Å². The van der Waals surface area contributed by atoms with E-state index in [-0.39, 0.29) is 11.9 Å². The molecule has 0 aliphatic carbocycles. The Balaban J connectivity index is 2.12. The molecule has 3 rings (SSSR count). The Morgan fingerprint density at radius 2 is 1.76 bits per heavy atom. The van der Waals surface area contributed by atoms with Crippen LogP contribution in [0.5, 0.6) is 11.5 Å². The van der Waals surface area contributed by atoms with Crippen LogP contribution in [-0.2, 0) is 0 Å². The normalized spacial score (nSPS) is 11.9. The number of aromatic nitrogens is 2. The number of hydrogen-bond donors (Lipinski definition) is 1. The fourth-order valence-electron chi connectivity index (χ4n) is 2.90. The number of nitrogens with one attached hydrogen (secondary N) is 1. The number of hydrogen-bond acceptors (Lipinski definition) is 4. The van der Waals surface area contributed by atoms with Gasteiger partial charge >= 0.3 is 0 Å². The number of amides is 1. The number of ether oxygens (including phenoxy) is 2. The number of rotatable bonds is 7. The maximum Gasteiger partial charge on any atom is 0.255 e. The molecule has 6 heteroatoms. The molecule has 1 N–H and O–H groups in total. The van der Waals surface area contributed by atoms with Crippen molar-refractivity contribution in [3.8, 4) is 28.4 Å². The van der Waals surface area contributed by atoms with Gasteiger partial charge in [0.1, 0.15) is 17.2 Å². The molecule has 1 atom stereocenters. The molecule has 152 valence electrons. The Kier molecular flexibility index (Phi) is 6.22. The van der Waals surface area contributed by atoms with Crippen molar-refractivity contribution in [3.63, 3.8) is 0 Å². The van der Waals surface area contributed by atoms with E-state index in [4.69, 9.17) is 14.6 Å². The van der Waals surface area contributed by atoms with Gasteiger partial charge in [0, 0.05) is 23.9 Å². The van der Waals surface area contributed by atoms with Crippen molar-refractivity contribution in [1.82, 2.24) is 15.1 Å². The molecule has 0 spiro atoms. The summed E-state index contributed by atoms with van der Waals surface area (Å²) in [5.74, 6) is 1.42. The first-order valence-corrected chi connectivity index (χ1v) is 9.63. The van der Waals surface area contributed by atoms with E-state index in [1.807, 2.05) is 49.4 Å². The highest BCUT2D eigenvalue weighted by molar-refractivity contribution is 6.00. The molecule has 0 fully saturated rings. The summed E-state index contributed by atoms with van der Waals surface area (Å²) >= 11 is 0. The molecule has 2 aromatic carbocycles. The second-order valence-corrected chi connectivity index (χ2v) is 7.24. The summed E-state index contributed by atoms with van der Waals surface area (Å²) in [6.45, 7) is 6.15. The van der Waals surface area contributed by atoms with E-state index in [0.29, 0.717) is 28.7 Å². The van der Waals surface area contributed by atoms with Gasteiger partial charge in [-0.05, 0) is 37.1 Å². The molecule has 6 nitrogen and oxygen atoms in total. The summed E-state index contributed by atoms with van der Waals surface area (Å²) in [6.07, 6.45) is 1.76. The molecular weight excluding hydrogens is 366 g/mol. The quantitative estimate of drug-likeness (QED) is 0.649. The minimum absolute atomic E-state index is 0.0354. The van der Waals surface area contributed by atoms with E-state index >= 15 is 0 Å². The topological polar surface area (TPSA) is 65.4 Å². The van der Waals surface area contributed by atoms with Crippen LogP contribution >= 0.6 is 0 Å². The Bertz CT molecular complexity index is 980. The zero-order chi connectivity index (χ0) is 21.0. The smallest absolute Gasteiger partial charge is 0.255 e. The Labute approximate surface area is 171 Å². The third-order valence-corrected chi connectivity index (χ3v) is 5.00. The average Bonchev–Trinajstić information content (AvgIpc) is 3.19. The van der Waals surface area contributed by atoms with Crippen LogP contribution in [0.25, 0.3) is 16.9 Å². The highest BCUT2D eigenvalue weighted by Gasteiger charge is 2.23. The predicted octanol–water partition coefficient (Wildman–Crippen LogP) is 4.33. The second kappa shape index (κ2) is 8.82. The summed E-state index contributed by atoms with van der Waals surface area (Å²) in [5, 5.41) is 7.80. The summed E-state index contributed by atoms with van der Waals surface area (Å²) in [7, 11) is 3.19. The van der Waals surface area contributed by atoms with Gasteiger partial charge in [-0.15, -0.1) is 0 Å². The summed E-state index contributed by atoms with van der Waals surface area (Å²) < 4.78 is 12.6. The monoisotopic (exact) mass is 393 g/mol. The van der Waals surface area contributed by atoms with Gasteiger partial charge in [0.2, 0.25) is 0 Å². The van der Waals surface area contributed by atoms with Gasteiger partial charge in [-0.25, -0.2) is 4.68 Å². The van der Waals surface area contributed by atoms with Gasteiger partial charge in [-0.2, -0.15) is 5.10 Å². The van der Waals surface area contributed by atoms with Gasteiger partial charge in [-0.1, -0.05) is 32.0 Å². The van der Waals surface area contributed by atoms with Gasteiger partial charge < -0.3 is 14.8 Å². The van der Waals surface area contributed by atoms with Crippen LogP contribution in [0.3, 0.4) is 0 Å². The molecule has 0 aliphatic heterocycles. The van der Waals surface area contributed by atoms with Gasteiger partial charge in [-0.3, -0.25) is 4.79 Å². The lowest BCUT2D eigenvalue weighted by molar-refractivity contribution is 0.0931. The van der Waals surface area contributed by atoms with E-state index in [0.717, 1.165) is 11.3 Å². The number of para-hydroxylation sites is 1. The van der Waals surface area contributed by atoms with Crippen LogP contribution < -0.4 is 14.8 Å². The molecule has 1 unspecified atom stereocenters. The van der Waals surface area contributed by atoms with Crippen LogP contribution in [0.2, 0.25) is 0 Å². The Morgan fingerprint density at radius 1 is 1.03 bits per heavy atom. The third kappa shape index (κ3) is 4.42. The highest BCUT2D eigenvalue weighted by Crippen LogP contribution is 2.34. The minimum atomic E-state index is -0.166. The van der Waals surface area contributed by atoms with Crippen molar-refractivity contribution >= 4 is 5.91 Å². The average molecular weight is 393 g/mol. The fourth-order valence-corrected chi connectivity index (χ4v) is 2.90. The Morgan fingerprint density at radius 3 is 2.38 bits per heavy atom. The first-order valence-electron chi connectivity index (χ1n) is 9.63. The molecule has 3 aromatic rings. The van der Waals surface area contributed by atoms with E-state index in [1.165, 1.54) is 0 Å². The molecule has 1 heterocycles. The van der Waals surface area contributed by atoms with Gasteiger partial charge in [0.05, 0.1) is 25.5 Å². The molecule has 0 bridgehead atoms. The first-order chi connectivity index (χ1) is 13.9. The standard InChI is InChI=1S/C23H27N3O3/c1-15(2)16(3)24-23(27)20-14-26(17-9-7-6-8-10-17)25-22(20)19-12-11-18(28-4)13-21(19)29-5/h6-16H,1-5H3,(H,24,27). The second-order valence-electron chi connectivity index (χ2n) is 7.24. The molecule has 0 saturated carbocycles. The number of benzene rings is 2. The maximum atomic E-state index is 13.1. The van der Waals surface area contributed by atoms with Crippen LogP contribution in [0.1, 0.15) is 31.1 Å². The van der Waals surface area contributed by atoms with Crippen molar-refractivity contribution in [2.24, 2.45) is 5.92 Å². The first kappa shape index (κ1) is 20.5. The zero-order valence-electron chi connectivity index (χ0n) is 17.5. The lowest BCUT2D eigenvalue weighted by Crippen LogP contribution is -2.36. The lowest BCUT2D eigenvalue weighted by atomic mass is 10.0. The van der Waals surface area contributed by atoms with Crippen molar-refractivity contribution in [2.45, 2.75) is 26.8 Å². The molecule has 1 aromatic heterocycles. The summed E-state index contributed by atoms with van der Waals surface area (Å²) in [6, 6.07) is 15.2. The summed E-state index contributed by atoms with van der Waals surface area (Å²) in [5.41, 5.74) is 2.65. The van der Waals surface area contributed by atoms with E-state index < -0.39 is 0 Å². The summed E-state index contributed by atoms with van der Waals surface area (Å²) in [4.78, 5) is 13.1. The molecular formula is C23H27N3O3. The third-order valence-electron chi connectivity index (χ3n) is 5.00. The molecule has 0 saturated heterocycles. The fraction of sp³-hybridized carbons (Fsp3) is 0.304. The van der Waals surface area contributed by atoms with Crippen LogP contribution in [0, 0.1) is 5.92 Å². The number of carbonyl (C=O) groups excluding carboxylic acids is 1. The molecule has 29 heavy (non-hydrogen) atoms. The predicted molar refractivity (Wildman–Crippen MR) is 114 cm³/mol. The zero-order valence-corrected chi connectivity index (χ0v) is 17.5. The van der Waals surface area contributed by atoms with E-state index in [2.05, 4.69) is 19.2 Å². The number of nitrogens with zero attached hydrogens (tertiary/aromatic N) is 2. The molecule has 0 radical (unpaired) electrons. The van der Waals surface area contributed by atoms with Crippen molar-refractivity contribution in [1.29, 1.82) is 0 Å². The van der Waals surface area contributed by atoms with E-state index in [9.17, 15) is 4.79 Å². The van der Waals surface area contributed by atoms with Crippen molar-refractivity contribution < 1.29 is 14.3 Å².